The monoisotopic (exact) mass is 321 g/mol. The molecule has 3 heterocycles. The Morgan fingerprint density at radius 1 is 1.17 bits per heavy atom. The highest BCUT2D eigenvalue weighted by atomic mass is 16.2. The van der Waals surface area contributed by atoms with E-state index in [9.17, 15) is 4.79 Å². The van der Waals surface area contributed by atoms with Crippen molar-refractivity contribution in [3.05, 3.63) is 48.2 Å². The van der Waals surface area contributed by atoms with Gasteiger partial charge in [0.1, 0.15) is 11.4 Å². The van der Waals surface area contributed by atoms with Gasteiger partial charge in [0.05, 0.1) is 11.0 Å². The van der Waals surface area contributed by atoms with E-state index in [0.29, 0.717) is 36.2 Å². The van der Waals surface area contributed by atoms with Crippen molar-refractivity contribution >= 4 is 16.9 Å². The fourth-order valence-electron chi connectivity index (χ4n) is 3.08. The minimum absolute atomic E-state index is 0.0347. The van der Waals surface area contributed by atoms with Crippen LogP contribution in [0.5, 0.6) is 0 Å². The average Bonchev–Trinajstić information content (AvgIpc) is 3.18. The summed E-state index contributed by atoms with van der Waals surface area (Å²) in [4.78, 5) is 26.7. The van der Waals surface area contributed by atoms with Crippen molar-refractivity contribution in [2.24, 2.45) is 11.7 Å². The molecule has 1 aromatic carbocycles. The molecule has 1 fully saturated rings. The smallest absolute Gasteiger partial charge is 0.272 e. The predicted octanol–water partition coefficient (Wildman–Crippen LogP) is 2.04. The highest BCUT2D eigenvalue weighted by Gasteiger charge is 2.31. The molecule has 2 aromatic heterocycles. The molecule has 0 aliphatic carbocycles. The van der Waals surface area contributed by atoms with E-state index in [4.69, 9.17) is 5.73 Å². The van der Waals surface area contributed by atoms with Gasteiger partial charge in [0.25, 0.3) is 5.91 Å². The van der Waals surface area contributed by atoms with Crippen molar-refractivity contribution in [3.8, 4) is 11.5 Å². The van der Waals surface area contributed by atoms with Gasteiger partial charge in [0.15, 0.2) is 5.82 Å². The SMILES string of the molecule is CC1CN(C(=O)c2cccc(-c3nc4ccccc4[nH]3)n2)CC1N. The lowest BCUT2D eigenvalue weighted by Gasteiger charge is -2.15. The van der Waals surface area contributed by atoms with E-state index in [1.165, 1.54) is 0 Å². The number of nitrogens with two attached hydrogens (primary N) is 1. The molecule has 2 unspecified atom stereocenters. The van der Waals surface area contributed by atoms with Gasteiger partial charge in [0, 0.05) is 19.1 Å². The number of fused-ring (bicyclic) bond motifs is 1. The third kappa shape index (κ3) is 2.55. The number of rotatable bonds is 2. The first kappa shape index (κ1) is 14.8. The number of carbonyl (C=O) groups is 1. The van der Waals surface area contributed by atoms with Crippen LogP contribution in [0, 0.1) is 5.92 Å². The average molecular weight is 321 g/mol. The summed E-state index contributed by atoms with van der Waals surface area (Å²) in [7, 11) is 0. The molecule has 0 saturated carbocycles. The van der Waals surface area contributed by atoms with Crippen LogP contribution in [0.25, 0.3) is 22.6 Å². The van der Waals surface area contributed by atoms with Gasteiger partial charge < -0.3 is 15.6 Å². The second kappa shape index (κ2) is 5.72. The van der Waals surface area contributed by atoms with Crippen LogP contribution in [-0.2, 0) is 0 Å². The van der Waals surface area contributed by atoms with Gasteiger partial charge in [-0.1, -0.05) is 25.1 Å². The van der Waals surface area contributed by atoms with E-state index in [1.54, 1.807) is 11.0 Å². The number of aromatic nitrogens is 3. The molecular weight excluding hydrogens is 302 g/mol. The number of likely N-dealkylation sites (tertiary alicyclic amines) is 1. The number of benzene rings is 1. The molecule has 24 heavy (non-hydrogen) atoms. The molecule has 6 heteroatoms. The first-order chi connectivity index (χ1) is 11.6. The lowest BCUT2D eigenvalue weighted by Crippen LogP contribution is -2.32. The largest absolute Gasteiger partial charge is 0.337 e. The van der Waals surface area contributed by atoms with Crippen molar-refractivity contribution in [3.63, 3.8) is 0 Å². The topological polar surface area (TPSA) is 87.9 Å². The van der Waals surface area contributed by atoms with Crippen LogP contribution in [0.1, 0.15) is 17.4 Å². The second-order valence-corrected chi connectivity index (χ2v) is 6.36. The third-order valence-corrected chi connectivity index (χ3v) is 4.56. The fraction of sp³-hybridized carbons (Fsp3) is 0.278. The predicted molar refractivity (Wildman–Crippen MR) is 92.4 cm³/mol. The number of nitrogens with one attached hydrogen (secondary N) is 1. The van der Waals surface area contributed by atoms with Crippen molar-refractivity contribution in [2.45, 2.75) is 13.0 Å². The van der Waals surface area contributed by atoms with Crippen molar-refractivity contribution in [1.29, 1.82) is 0 Å². The maximum atomic E-state index is 12.7. The maximum Gasteiger partial charge on any atom is 0.272 e. The molecule has 1 saturated heterocycles. The highest BCUT2D eigenvalue weighted by molar-refractivity contribution is 5.93. The standard InChI is InChI=1S/C18H19N5O/c1-11-9-23(10-12(11)19)18(24)16-8-4-7-15(20-16)17-21-13-5-2-3-6-14(13)22-17/h2-8,11-12H,9-10,19H2,1H3,(H,21,22). The van der Waals surface area contributed by atoms with E-state index in [1.807, 2.05) is 36.4 Å². The molecule has 3 N–H and O–H groups in total. The molecule has 1 amide bonds. The van der Waals surface area contributed by atoms with E-state index in [0.717, 1.165) is 11.0 Å². The number of pyridine rings is 1. The zero-order chi connectivity index (χ0) is 16.7. The van der Waals surface area contributed by atoms with E-state index in [-0.39, 0.29) is 11.9 Å². The number of H-pyrrole nitrogens is 1. The molecule has 4 rings (SSSR count). The summed E-state index contributed by atoms with van der Waals surface area (Å²) in [5.74, 6) is 0.901. The van der Waals surface area contributed by atoms with Gasteiger partial charge >= 0.3 is 0 Å². The quantitative estimate of drug-likeness (QED) is 0.756. The Morgan fingerprint density at radius 3 is 2.75 bits per heavy atom. The van der Waals surface area contributed by atoms with Gasteiger partial charge in [-0.05, 0) is 30.2 Å². The molecular formula is C18H19N5O. The van der Waals surface area contributed by atoms with Gasteiger partial charge in [0.2, 0.25) is 0 Å². The molecule has 0 spiro atoms. The van der Waals surface area contributed by atoms with Crippen LogP contribution in [0.15, 0.2) is 42.5 Å². The van der Waals surface area contributed by atoms with Crippen LogP contribution >= 0.6 is 0 Å². The third-order valence-electron chi connectivity index (χ3n) is 4.56. The molecule has 1 aliphatic rings. The number of aromatic amines is 1. The summed E-state index contributed by atoms with van der Waals surface area (Å²) in [6, 6.07) is 13.3. The van der Waals surface area contributed by atoms with Crippen LogP contribution in [-0.4, -0.2) is 44.9 Å². The Labute approximate surface area is 139 Å². The number of para-hydroxylation sites is 2. The number of carbonyl (C=O) groups excluding carboxylic acids is 1. The Hall–Kier alpha value is -2.73. The first-order valence-corrected chi connectivity index (χ1v) is 8.09. The number of nitrogens with zero attached hydrogens (tertiary/aromatic N) is 3. The van der Waals surface area contributed by atoms with Gasteiger partial charge in [-0.3, -0.25) is 4.79 Å². The molecule has 0 radical (unpaired) electrons. The number of hydrogen-bond acceptors (Lipinski definition) is 4. The molecule has 6 nitrogen and oxygen atoms in total. The summed E-state index contributed by atoms with van der Waals surface area (Å²) in [6.45, 7) is 3.32. The van der Waals surface area contributed by atoms with Crippen LogP contribution in [0.4, 0.5) is 0 Å². The fourth-order valence-corrected chi connectivity index (χ4v) is 3.08. The number of imidazole rings is 1. The van der Waals surface area contributed by atoms with E-state index in [2.05, 4.69) is 21.9 Å². The van der Waals surface area contributed by atoms with Crippen LogP contribution in [0.3, 0.4) is 0 Å². The van der Waals surface area contributed by atoms with Gasteiger partial charge in [-0.2, -0.15) is 0 Å². The molecule has 3 aromatic rings. The maximum absolute atomic E-state index is 12.7. The summed E-state index contributed by atoms with van der Waals surface area (Å²) in [5, 5.41) is 0. The Morgan fingerprint density at radius 2 is 2.00 bits per heavy atom. The summed E-state index contributed by atoms with van der Waals surface area (Å²) in [6.07, 6.45) is 0. The van der Waals surface area contributed by atoms with Gasteiger partial charge in [-0.25, -0.2) is 9.97 Å². The molecule has 0 bridgehead atoms. The Balaban J connectivity index is 1.65. The number of hydrogen-bond donors (Lipinski definition) is 2. The Kier molecular flexibility index (Phi) is 3.54. The zero-order valence-electron chi connectivity index (χ0n) is 13.4. The summed E-state index contributed by atoms with van der Waals surface area (Å²) < 4.78 is 0. The normalized spacial score (nSPS) is 20.7. The Bertz CT molecular complexity index is 860. The lowest BCUT2D eigenvalue weighted by atomic mass is 10.1. The van der Waals surface area contributed by atoms with Crippen molar-refractivity contribution in [2.75, 3.05) is 13.1 Å². The first-order valence-electron chi connectivity index (χ1n) is 8.09. The van der Waals surface area contributed by atoms with E-state index < -0.39 is 0 Å². The minimum Gasteiger partial charge on any atom is -0.337 e. The summed E-state index contributed by atoms with van der Waals surface area (Å²) in [5.41, 5.74) is 8.93. The van der Waals surface area contributed by atoms with Crippen molar-refractivity contribution in [1.82, 2.24) is 19.9 Å². The summed E-state index contributed by atoms with van der Waals surface area (Å²) >= 11 is 0. The van der Waals surface area contributed by atoms with Crippen LogP contribution in [0.2, 0.25) is 0 Å². The minimum atomic E-state index is -0.0761. The van der Waals surface area contributed by atoms with Gasteiger partial charge in [-0.15, -0.1) is 0 Å². The lowest BCUT2D eigenvalue weighted by molar-refractivity contribution is 0.0781. The molecule has 1 aliphatic heterocycles. The van der Waals surface area contributed by atoms with Crippen LogP contribution < -0.4 is 5.73 Å². The van der Waals surface area contributed by atoms with E-state index >= 15 is 0 Å². The number of amides is 1. The van der Waals surface area contributed by atoms with Crippen molar-refractivity contribution < 1.29 is 4.79 Å². The molecule has 122 valence electrons. The second-order valence-electron chi connectivity index (χ2n) is 6.36. The zero-order valence-corrected chi connectivity index (χ0v) is 13.4. The highest BCUT2D eigenvalue weighted by Crippen LogP contribution is 2.21. The molecule has 2 atom stereocenters.